The second-order valence-electron chi connectivity index (χ2n) is 8.63. The van der Waals surface area contributed by atoms with Gasteiger partial charge in [0.1, 0.15) is 24.7 Å². The monoisotopic (exact) mass is 482 g/mol. The number of hydrogen-bond donors (Lipinski definition) is 1. The second-order valence-corrected chi connectivity index (χ2v) is 8.63. The van der Waals surface area contributed by atoms with Crippen LogP contribution in [0.4, 0.5) is 5.82 Å². The number of nitrogens with zero attached hydrogens (tertiary/aromatic N) is 5. The quantitative estimate of drug-likeness (QED) is 0.415. The molecule has 36 heavy (non-hydrogen) atoms. The van der Waals surface area contributed by atoms with Crippen LogP contribution in [0, 0.1) is 5.92 Å². The average Bonchev–Trinajstić information content (AvgIpc) is 3.58. The van der Waals surface area contributed by atoms with Crippen molar-refractivity contribution < 1.29 is 19.2 Å². The van der Waals surface area contributed by atoms with Gasteiger partial charge in [-0.1, -0.05) is 54.6 Å². The lowest BCUT2D eigenvalue weighted by atomic mass is 9.99. The van der Waals surface area contributed by atoms with Gasteiger partial charge in [-0.05, 0) is 17.7 Å². The lowest BCUT2D eigenvalue weighted by Gasteiger charge is -2.20. The molecule has 10 heteroatoms. The number of nitrogens with two attached hydrogens (primary N) is 1. The average molecular weight is 483 g/mol. The van der Waals surface area contributed by atoms with Crippen LogP contribution in [-0.4, -0.2) is 49.1 Å². The van der Waals surface area contributed by atoms with Gasteiger partial charge in [0, 0.05) is 12.3 Å². The minimum absolute atomic E-state index is 0.00944. The smallest absolute Gasteiger partial charge is 0.285 e. The summed E-state index contributed by atoms with van der Waals surface area (Å²) in [6.07, 6.45) is 6.88. The summed E-state index contributed by atoms with van der Waals surface area (Å²) in [5.41, 5.74) is 8.73. The molecule has 1 fully saturated rings. The van der Waals surface area contributed by atoms with E-state index < -0.39 is 24.1 Å². The van der Waals surface area contributed by atoms with Crippen LogP contribution in [0.25, 0.3) is 17.2 Å². The molecule has 2 aliphatic rings. The predicted octanol–water partition coefficient (Wildman–Crippen LogP) is 3.25. The first-order valence-electron chi connectivity index (χ1n) is 11.5. The highest BCUT2D eigenvalue weighted by molar-refractivity contribution is 6.20. The molecule has 2 aromatic heterocycles. The van der Waals surface area contributed by atoms with E-state index in [0.29, 0.717) is 34.5 Å². The van der Waals surface area contributed by atoms with Crippen molar-refractivity contribution in [2.45, 2.75) is 18.8 Å². The van der Waals surface area contributed by atoms with Crippen molar-refractivity contribution >= 4 is 34.9 Å². The maximum atomic E-state index is 12.7. The zero-order valence-electron chi connectivity index (χ0n) is 19.1. The molecule has 1 saturated heterocycles. The highest BCUT2D eigenvalue weighted by Gasteiger charge is 2.40. The zero-order chi connectivity index (χ0) is 24.6. The highest BCUT2D eigenvalue weighted by Crippen LogP contribution is 2.37. The van der Waals surface area contributed by atoms with Crippen molar-refractivity contribution in [3.05, 3.63) is 90.0 Å². The highest BCUT2D eigenvalue weighted by atomic mass is 16.7. The largest absolute Gasteiger partial charge is 0.382 e. The van der Waals surface area contributed by atoms with Gasteiger partial charge in [-0.25, -0.2) is 15.0 Å². The number of imide groups is 1. The number of ether oxygens (including phenoxy) is 1. The number of carbonyl (C=O) groups is 2. The summed E-state index contributed by atoms with van der Waals surface area (Å²) in [7, 11) is 0. The molecule has 4 aromatic rings. The number of hydrogen-bond acceptors (Lipinski definition) is 8. The number of carbonyl (C=O) groups excluding carboxylic acids is 2. The normalized spacial score (nSPS) is 21.7. The van der Waals surface area contributed by atoms with E-state index in [4.69, 9.17) is 15.3 Å². The Labute approximate surface area is 205 Å². The van der Waals surface area contributed by atoms with Crippen molar-refractivity contribution in [2.75, 3.05) is 12.3 Å². The van der Waals surface area contributed by atoms with Crippen LogP contribution in [-0.2, 0) is 9.57 Å². The lowest BCUT2D eigenvalue weighted by molar-refractivity contribution is -0.133. The number of nitrogen functional groups attached to an aromatic ring is 1. The maximum Gasteiger partial charge on any atom is 0.285 e. The summed E-state index contributed by atoms with van der Waals surface area (Å²) < 4.78 is 8.18. The Bertz CT molecular complexity index is 1450. The van der Waals surface area contributed by atoms with E-state index in [1.54, 1.807) is 30.6 Å². The van der Waals surface area contributed by atoms with Crippen molar-refractivity contribution in [1.82, 2.24) is 24.6 Å². The number of imidazole rings is 1. The summed E-state index contributed by atoms with van der Waals surface area (Å²) in [6, 6.07) is 16.6. The predicted molar refractivity (Wildman–Crippen MR) is 130 cm³/mol. The number of fused-ring (bicyclic) bond motifs is 2. The van der Waals surface area contributed by atoms with Gasteiger partial charge in [-0.15, -0.1) is 5.06 Å². The molecule has 6 rings (SSSR count). The fourth-order valence-electron chi connectivity index (χ4n) is 4.60. The fourth-order valence-corrected chi connectivity index (χ4v) is 4.60. The Balaban J connectivity index is 1.25. The molecule has 3 atom stereocenters. The summed E-state index contributed by atoms with van der Waals surface area (Å²) in [6.45, 7) is 0.00944. The summed E-state index contributed by atoms with van der Waals surface area (Å²) >= 11 is 0. The van der Waals surface area contributed by atoms with Crippen molar-refractivity contribution in [2.24, 2.45) is 5.92 Å². The standard InChI is InChI=1S/C26H22N6O4/c27-23-22-24(29-14-28-23)31(15-30-22)21-12-17(11-10-16-6-2-1-3-7-16)20(36-21)13-35-32-25(33)18-8-4-5-9-19(18)26(32)34/h1-11,14-15,17,20-21H,12-13H2,(H2,27,28,29)/b11-10+/t17-,20+,21+/m0/s1. The molecule has 0 spiro atoms. The number of aromatic nitrogens is 4. The van der Waals surface area contributed by atoms with Crippen LogP contribution in [0.5, 0.6) is 0 Å². The van der Waals surface area contributed by atoms with Gasteiger partial charge in [0.2, 0.25) is 0 Å². The van der Waals surface area contributed by atoms with Crippen LogP contribution in [0.15, 0.2) is 73.3 Å². The molecule has 180 valence electrons. The van der Waals surface area contributed by atoms with E-state index in [1.807, 2.05) is 41.0 Å². The third kappa shape index (κ3) is 3.82. The first-order chi connectivity index (χ1) is 17.6. The van der Waals surface area contributed by atoms with Crippen LogP contribution < -0.4 is 5.73 Å². The SMILES string of the molecule is Nc1ncnc2c1ncn2[C@H]1C[C@H](/C=C/c2ccccc2)[C@@H](CON2C(=O)c3ccccc3C2=O)O1. The van der Waals surface area contributed by atoms with Crippen molar-refractivity contribution in [3.63, 3.8) is 0 Å². The lowest BCUT2D eigenvalue weighted by Crippen LogP contribution is -2.34. The van der Waals surface area contributed by atoms with Crippen LogP contribution in [0.2, 0.25) is 0 Å². The van der Waals surface area contributed by atoms with E-state index in [2.05, 4.69) is 21.0 Å². The van der Waals surface area contributed by atoms with E-state index in [1.165, 1.54) is 6.33 Å². The summed E-state index contributed by atoms with van der Waals surface area (Å²) in [5.74, 6) is -0.728. The van der Waals surface area contributed by atoms with Gasteiger partial charge in [0.05, 0.1) is 23.6 Å². The Hall–Kier alpha value is -4.41. The van der Waals surface area contributed by atoms with E-state index >= 15 is 0 Å². The number of hydroxylamine groups is 2. The molecule has 2 aliphatic heterocycles. The third-order valence-corrected chi connectivity index (χ3v) is 6.44. The zero-order valence-corrected chi connectivity index (χ0v) is 19.1. The van der Waals surface area contributed by atoms with Gasteiger partial charge >= 0.3 is 0 Å². The van der Waals surface area contributed by atoms with E-state index in [9.17, 15) is 9.59 Å². The van der Waals surface area contributed by atoms with Crippen LogP contribution >= 0.6 is 0 Å². The number of rotatable bonds is 6. The molecular weight excluding hydrogens is 460 g/mol. The molecule has 0 bridgehead atoms. The van der Waals surface area contributed by atoms with E-state index in [0.717, 1.165) is 10.6 Å². The molecular formula is C26H22N6O4. The maximum absolute atomic E-state index is 12.7. The Morgan fingerprint density at radius 1 is 1.00 bits per heavy atom. The molecule has 0 saturated carbocycles. The van der Waals surface area contributed by atoms with Gasteiger partial charge in [0.15, 0.2) is 11.5 Å². The molecule has 2 aromatic carbocycles. The number of amides is 2. The second kappa shape index (κ2) is 8.99. The van der Waals surface area contributed by atoms with Crippen LogP contribution in [0.3, 0.4) is 0 Å². The van der Waals surface area contributed by atoms with Crippen molar-refractivity contribution in [3.8, 4) is 0 Å². The van der Waals surface area contributed by atoms with Gasteiger partial charge in [0.25, 0.3) is 11.8 Å². The Morgan fingerprint density at radius 2 is 1.72 bits per heavy atom. The van der Waals surface area contributed by atoms with Gasteiger partial charge in [-0.3, -0.25) is 19.0 Å². The molecule has 4 heterocycles. The summed E-state index contributed by atoms with van der Waals surface area (Å²) in [4.78, 5) is 43.9. The molecule has 0 radical (unpaired) electrons. The van der Waals surface area contributed by atoms with Crippen molar-refractivity contribution in [1.29, 1.82) is 0 Å². The third-order valence-electron chi connectivity index (χ3n) is 6.44. The minimum atomic E-state index is -0.477. The minimum Gasteiger partial charge on any atom is -0.382 e. The fraction of sp³-hybridized carbons (Fsp3) is 0.192. The molecule has 0 unspecified atom stereocenters. The first kappa shape index (κ1) is 22.1. The summed E-state index contributed by atoms with van der Waals surface area (Å²) in [5, 5.41) is 0.819. The number of anilines is 1. The molecule has 10 nitrogen and oxygen atoms in total. The van der Waals surface area contributed by atoms with Gasteiger partial charge in [-0.2, -0.15) is 0 Å². The molecule has 2 amide bonds. The Morgan fingerprint density at radius 3 is 2.47 bits per heavy atom. The van der Waals surface area contributed by atoms with E-state index in [-0.39, 0.29) is 12.5 Å². The molecule has 0 aliphatic carbocycles. The topological polar surface area (TPSA) is 125 Å². The number of benzene rings is 2. The Kier molecular flexibility index (Phi) is 5.51. The van der Waals surface area contributed by atoms with Gasteiger partial charge < -0.3 is 10.5 Å². The van der Waals surface area contributed by atoms with Crippen LogP contribution in [0.1, 0.15) is 38.9 Å². The first-order valence-corrected chi connectivity index (χ1v) is 11.5. The molecule has 2 N–H and O–H groups in total.